The lowest BCUT2D eigenvalue weighted by Gasteiger charge is -2.07. The van der Waals surface area contributed by atoms with Crippen molar-refractivity contribution >= 4 is 0 Å². The molecule has 0 saturated carbocycles. The minimum Gasteiger partial charge on any atom is -0.103 e. The standard InChI is InChI=1S/C13H18/c1-3-7-12(2)10-11-13-8-5-4-6-9-13/h3-6,8-9,12H,1,7,10-11H2,2H3. The fraction of sp³-hybridized carbons (Fsp3) is 0.385. The van der Waals surface area contributed by atoms with Gasteiger partial charge < -0.3 is 0 Å². The van der Waals surface area contributed by atoms with Gasteiger partial charge in [-0.1, -0.05) is 43.3 Å². The van der Waals surface area contributed by atoms with Gasteiger partial charge in [-0.05, 0) is 30.7 Å². The molecule has 0 radical (unpaired) electrons. The molecule has 0 heterocycles. The maximum Gasteiger partial charge on any atom is -0.0276 e. The topological polar surface area (TPSA) is 0 Å². The SMILES string of the molecule is C=CCC(C)CCc1ccccc1. The van der Waals surface area contributed by atoms with E-state index in [2.05, 4.69) is 43.8 Å². The molecular weight excluding hydrogens is 156 g/mol. The van der Waals surface area contributed by atoms with Crippen molar-refractivity contribution < 1.29 is 0 Å². The quantitative estimate of drug-likeness (QED) is 0.595. The van der Waals surface area contributed by atoms with E-state index in [9.17, 15) is 0 Å². The summed E-state index contributed by atoms with van der Waals surface area (Å²) in [7, 11) is 0. The van der Waals surface area contributed by atoms with Crippen LogP contribution in [0.4, 0.5) is 0 Å². The molecule has 0 aliphatic heterocycles. The highest BCUT2D eigenvalue weighted by Gasteiger charge is 1.99. The van der Waals surface area contributed by atoms with Gasteiger partial charge in [-0.15, -0.1) is 6.58 Å². The first-order chi connectivity index (χ1) is 6.33. The molecule has 1 aromatic carbocycles. The number of hydrogen-bond donors (Lipinski definition) is 0. The Bertz CT molecular complexity index is 235. The minimum absolute atomic E-state index is 0.762. The predicted octanol–water partition coefficient (Wildman–Crippen LogP) is 3.83. The Hall–Kier alpha value is -1.04. The van der Waals surface area contributed by atoms with Crippen molar-refractivity contribution in [2.75, 3.05) is 0 Å². The van der Waals surface area contributed by atoms with E-state index < -0.39 is 0 Å². The summed E-state index contributed by atoms with van der Waals surface area (Å²) in [4.78, 5) is 0. The monoisotopic (exact) mass is 174 g/mol. The molecule has 0 nitrogen and oxygen atoms in total. The Balaban J connectivity index is 2.30. The zero-order chi connectivity index (χ0) is 9.52. The molecule has 70 valence electrons. The largest absolute Gasteiger partial charge is 0.103 e. The lowest BCUT2D eigenvalue weighted by atomic mass is 9.98. The van der Waals surface area contributed by atoms with Gasteiger partial charge in [-0.3, -0.25) is 0 Å². The second-order valence-electron chi connectivity index (χ2n) is 3.65. The van der Waals surface area contributed by atoms with Crippen LogP contribution in [0, 0.1) is 5.92 Å². The van der Waals surface area contributed by atoms with Crippen LogP contribution in [0.25, 0.3) is 0 Å². The molecule has 1 rings (SSSR count). The van der Waals surface area contributed by atoms with Gasteiger partial charge in [0.05, 0.1) is 0 Å². The van der Waals surface area contributed by atoms with Crippen molar-refractivity contribution in [2.24, 2.45) is 5.92 Å². The van der Waals surface area contributed by atoms with Crippen LogP contribution in [0.2, 0.25) is 0 Å². The summed E-state index contributed by atoms with van der Waals surface area (Å²) in [5.41, 5.74) is 1.44. The Morgan fingerprint density at radius 3 is 2.62 bits per heavy atom. The molecule has 0 aliphatic carbocycles. The Labute approximate surface area is 81.3 Å². The van der Waals surface area contributed by atoms with E-state index in [1.54, 1.807) is 0 Å². The molecule has 1 atom stereocenters. The van der Waals surface area contributed by atoms with Crippen molar-refractivity contribution in [1.82, 2.24) is 0 Å². The fourth-order valence-electron chi connectivity index (χ4n) is 1.46. The van der Waals surface area contributed by atoms with Gasteiger partial charge in [0.15, 0.2) is 0 Å². The van der Waals surface area contributed by atoms with Crippen LogP contribution in [0.1, 0.15) is 25.3 Å². The van der Waals surface area contributed by atoms with E-state index in [0.717, 1.165) is 12.3 Å². The second-order valence-corrected chi connectivity index (χ2v) is 3.65. The molecule has 0 aliphatic rings. The number of rotatable bonds is 5. The summed E-state index contributed by atoms with van der Waals surface area (Å²) in [5.74, 6) is 0.762. The van der Waals surface area contributed by atoms with Gasteiger partial charge in [-0.25, -0.2) is 0 Å². The average Bonchev–Trinajstić information content (AvgIpc) is 2.17. The van der Waals surface area contributed by atoms with Crippen LogP contribution >= 0.6 is 0 Å². The Morgan fingerprint density at radius 2 is 2.00 bits per heavy atom. The van der Waals surface area contributed by atoms with Gasteiger partial charge >= 0.3 is 0 Å². The molecule has 0 fully saturated rings. The molecule has 0 aromatic heterocycles. The van der Waals surface area contributed by atoms with E-state index in [1.807, 2.05) is 6.08 Å². The van der Waals surface area contributed by atoms with Crippen LogP contribution in [-0.4, -0.2) is 0 Å². The fourth-order valence-corrected chi connectivity index (χ4v) is 1.46. The minimum atomic E-state index is 0.762. The van der Waals surface area contributed by atoms with E-state index in [-0.39, 0.29) is 0 Å². The average molecular weight is 174 g/mol. The molecule has 0 amide bonds. The molecule has 0 N–H and O–H groups in total. The third-order valence-electron chi connectivity index (χ3n) is 2.34. The smallest absolute Gasteiger partial charge is 0.0276 e. The van der Waals surface area contributed by atoms with Crippen molar-refractivity contribution in [3.8, 4) is 0 Å². The first-order valence-electron chi connectivity index (χ1n) is 4.97. The summed E-state index contributed by atoms with van der Waals surface area (Å²) in [5, 5.41) is 0. The predicted molar refractivity (Wildman–Crippen MR) is 58.7 cm³/mol. The molecule has 13 heavy (non-hydrogen) atoms. The highest BCUT2D eigenvalue weighted by molar-refractivity contribution is 5.14. The van der Waals surface area contributed by atoms with E-state index in [0.29, 0.717) is 0 Å². The van der Waals surface area contributed by atoms with Crippen LogP contribution in [-0.2, 0) is 6.42 Å². The van der Waals surface area contributed by atoms with Crippen molar-refractivity contribution in [3.63, 3.8) is 0 Å². The molecule has 1 unspecified atom stereocenters. The van der Waals surface area contributed by atoms with Crippen molar-refractivity contribution in [1.29, 1.82) is 0 Å². The van der Waals surface area contributed by atoms with Crippen molar-refractivity contribution in [2.45, 2.75) is 26.2 Å². The van der Waals surface area contributed by atoms with Gasteiger partial charge in [-0.2, -0.15) is 0 Å². The summed E-state index contributed by atoms with van der Waals surface area (Å²) in [6.45, 7) is 6.04. The molecule has 0 bridgehead atoms. The highest BCUT2D eigenvalue weighted by atomic mass is 14.0. The van der Waals surface area contributed by atoms with Crippen LogP contribution in [0.15, 0.2) is 43.0 Å². The summed E-state index contributed by atoms with van der Waals surface area (Å²) in [6.07, 6.45) is 5.59. The number of benzene rings is 1. The summed E-state index contributed by atoms with van der Waals surface area (Å²) < 4.78 is 0. The maximum atomic E-state index is 3.76. The second kappa shape index (κ2) is 5.58. The Morgan fingerprint density at radius 1 is 1.31 bits per heavy atom. The summed E-state index contributed by atoms with van der Waals surface area (Å²) in [6, 6.07) is 10.7. The lowest BCUT2D eigenvalue weighted by molar-refractivity contribution is 0.541. The first-order valence-corrected chi connectivity index (χ1v) is 4.97. The van der Waals surface area contributed by atoms with Crippen LogP contribution in [0.5, 0.6) is 0 Å². The van der Waals surface area contributed by atoms with Gasteiger partial charge in [0, 0.05) is 0 Å². The van der Waals surface area contributed by atoms with Gasteiger partial charge in [0.25, 0.3) is 0 Å². The number of allylic oxidation sites excluding steroid dienone is 1. The van der Waals surface area contributed by atoms with E-state index in [1.165, 1.54) is 18.4 Å². The maximum absolute atomic E-state index is 3.76. The first kappa shape index (κ1) is 10.0. The molecule has 0 heteroatoms. The molecular formula is C13H18. The van der Waals surface area contributed by atoms with Crippen LogP contribution in [0.3, 0.4) is 0 Å². The molecule has 1 aromatic rings. The Kier molecular flexibility index (Phi) is 4.31. The third kappa shape index (κ3) is 3.93. The zero-order valence-corrected chi connectivity index (χ0v) is 8.37. The van der Waals surface area contributed by atoms with Crippen LogP contribution < -0.4 is 0 Å². The summed E-state index contributed by atoms with van der Waals surface area (Å²) >= 11 is 0. The van der Waals surface area contributed by atoms with Gasteiger partial charge in [0.2, 0.25) is 0 Å². The highest BCUT2D eigenvalue weighted by Crippen LogP contribution is 2.12. The number of aryl methyl sites for hydroxylation is 1. The van der Waals surface area contributed by atoms with E-state index in [4.69, 9.17) is 0 Å². The number of hydrogen-bond acceptors (Lipinski definition) is 0. The third-order valence-corrected chi connectivity index (χ3v) is 2.34. The molecule has 0 saturated heterocycles. The van der Waals surface area contributed by atoms with Crippen molar-refractivity contribution in [3.05, 3.63) is 48.6 Å². The zero-order valence-electron chi connectivity index (χ0n) is 8.37. The lowest BCUT2D eigenvalue weighted by Crippen LogP contribution is -1.95. The molecule has 0 spiro atoms. The van der Waals surface area contributed by atoms with Gasteiger partial charge in [0.1, 0.15) is 0 Å². The normalized spacial score (nSPS) is 12.4. The van der Waals surface area contributed by atoms with E-state index >= 15 is 0 Å².